The molecule has 0 aliphatic rings. The van der Waals surface area contributed by atoms with Crippen molar-refractivity contribution in [3.63, 3.8) is 0 Å². The highest BCUT2D eigenvalue weighted by Gasteiger charge is 2.09. The van der Waals surface area contributed by atoms with Gasteiger partial charge in [-0.1, -0.05) is 36.3 Å². The van der Waals surface area contributed by atoms with Crippen LogP contribution in [0.2, 0.25) is 0 Å². The molecule has 114 valence electrons. The van der Waals surface area contributed by atoms with E-state index in [2.05, 4.69) is 46.2 Å². The van der Waals surface area contributed by atoms with Crippen molar-refractivity contribution in [3.05, 3.63) is 41.2 Å². The van der Waals surface area contributed by atoms with Crippen LogP contribution in [0.25, 0.3) is 0 Å². The van der Waals surface area contributed by atoms with E-state index in [1.165, 1.54) is 5.56 Å². The normalized spacial score (nSPS) is 12.3. The second kappa shape index (κ2) is 7.78. The molecule has 0 saturated heterocycles. The molecule has 0 aliphatic carbocycles. The number of benzene rings is 1. The van der Waals surface area contributed by atoms with Crippen molar-refractivity contribution < 1.29 is 9.37 Å². The molecule has 0 bridgehead atoms. The SMILES string of the molecule is CCCNC(CC)c1ccc(OCc2nonc2C)cc1. The van der Waals surface area contributed by atoms with E-state index in [4.69, 9.17) is 4.74 Å². The average molecular weight is 289 g/mol. The number of nitrogens with one attached hydrogen (secondary N) is 1. The van der Waals surface area contributed by atoms with E-state index in [0.717, 1.165) is 36.5 Å². The average Bonchev–Trinajstić information content (AvgIpc) is 2.92. The Morgan fingerprint density at radius 2 is 1.95 bits per heavy atom. The third-order valence-electron chi connectivity index (χ3n) is 3.45. The molecule has 0 spiro atoms. The minimum absolute atomic E-state index is 0.375. The number of aromatic nitrogens is 2. The summed E-state index contributed by atoms with van der Waals surface area (Å²) in [5, 5.41) is 11.1. The number of nitrogens with zero attached hydrogens (tertiary/aromatic N) is 2. The Bertz CT molecular complexity index is 537. The first-order valence-corrected chi connectivity index (χ1v) is 7.48. The molecule has 2 rings (SSSR count). The molecule has 1 heterocycles. The van der Waals surface area contributed by atoms with Gasteiger partial charge in [-0.05, 0) is 44.0 Å². The predicted octanol–water partition coefficient (Wildman–Crippen LogP) is 3.41. The zero-order chi connectivity index (χ0) is 15.1. The standard InChI is InChI=1S/C16H23N3O2/c1-4-10-17-15(5-2)13-6-8-14(9-7-13)20-11-16-12(3)18-21-19-16/h6-9,15,17H,4-5,10-11H2,1-3H3. The Balaban J connectivity index is 1.93. The molecule has 21 heavy (non-hydrogen) atoms. The van der Waals surface area contributed by atoms with Crippen molar-refractivity contribution in [2.75, 3.05) is 6.54 Å². The van der Waals surface area contributed by atoms with Crippen molar-refractivity contribution in [1.82, 2.24) is 15.6 Å². The van der Waals surface area contributed by atoms with Crippen LogP contribution in [0.15, 0.2) is 28.9 Å². The summed E-state index contributed by atoms with van der Waals surface area (Å²) >= 11 is 0. The van der Waals surface area contributed by atoms with Crippen LogP contribution in [0.5, 0.6) is 5.75 Å². The highest BCUT2D eigenvalue weighted by atomic mass is 16.6. The maximum atomic E-state index is 5.70. The molecule has 1 aromatic heterocycles. The molecular formula is C16H23N3O2. The summed E-state index contributed by atoms with van der Waals surface area (Å²) in [6, 6.07) is 8.62. The molecule has 0 amide bonds. The molecule has 1 aromatic carbocycles. The molecule has 5 nitrogen and oxygen atoms in total. The summed E-state index contributed by atoms with van der Waals surface area (Å²) in [4.78, 5) is 0. The fourth-order valence-electron chi connectivity index (χ4n) is 2.14. The van der Waals surface area contributed by atoms with Crippen molar-refractivity contribution in [2.45, 2.75) is 46.3 Å². The van der Waals surface area contributed by atoms with E-state index in [0.29, 0.717) is 12.6 Å². The van der Waals surface area contributed by atoms with Gasteiger partial charge < -0.3 is 10.1 Å². The molecule has 0 saturated carbocycles. The fourth-order valence-corrected chi connectivity index (χ4v) is 2.14. The Morgan fingerprint density at radius 3 is 2.52 bits per heavy atom. The van der Waals surface area contributed by atoms with Gasteiger partial charge in [0.2, 0.25) is 0 Å². The van der Waals surface area contributed by atoms with Crippen molar-refractivity contribution in [1.29, 1.82) is 0 Å². The Morgan fingerprint density at radius 1 is 1.19 bits per heavy atom. The molecule has 0 aliphatic heterocycles. The van der Waals surface area contributed by atoms with Crippen LogP contribution < -0.4 is 10.1 Å². The van der Waals surface area contributed by atoms with Gasteiger partial charge in [0, 0.05) is 6.04 Å². The molecule has 5 heteroatoms. The van der Waals surface area contributed by atoms with Crippen LogP contribution in [0.3, 0.4) is 0 Å². The third-order valence-corrected chi connectivity index (χ3v) is 3.45. The first-order valence-electron chi connectivity index (χ1n) is 7.48. The van der Waals surface area contributed by atoms with E-state index >= 15 is 0 Å². The van der Waals surface area contributed by atoms with Crippen LogP contribution in [-0.4, -0.2) is 16.9 Å². The van der Waals surface area contributed by atoms with E-state index in [-0.39, 0.29) is 0 Å². The number of hydrogen-bond donors (Lipinski definition) is 1. The number of hydrogen-bond acceptors (Lipinski definition) is 5. The highest BCUT2D eigenvalue weighted by molar-refractivity contribution is 5.29. The number of rotatable bonds is 8. The third kappa shape index (κ3) is 4.29. The lowest BCUT2D eigenvalue weighted by Gasteiger charge is -2.17. The van der Waals surface area contributed by atoms with Gasteiger partial charge in [0.15, 0.2) is 0 Å². The van der Waals surface area contributed by atoms with Gasteiger partial charge in [0.1, 0.15) is 23.7 Å². The maximum absolute atomic E-state index is 5.70. The molecule has 1 N–H and O–H groups in total. The largest absolute Gasteiger partial charge is 0.487 e. The molecular weight excluding hydrogens is 266 g/mol. The Hall–Kier alpha value is -1.88. The summed E-state index contributed by atoms with van der Waals surface area (Å²) in [7, 11) is 0. The van der Waals surface area contributed by atoms with Gasteiger partial charge in [0.05, 0.1) is 0 Å². The summed E-state index contributed by atoms with van der Waals surface area (Å²) < 4.78 is 10.3. The van der Waals surface area contributed by atoms with Gasteiger partial charge >= 0.3 is 0 Å². The van der Waals surface area contributed by atoms with Crippen molar-refractivity contribution >= 4 is 0 Å². The van der Waals surface area contributed by atoms with Crippen LogP contribution in [-0.2, 0) is 6.61 Å². The minimum Gasteiger partial charge on any atom is -0.487 e. The second-order valence-corrected chi connectivity index (χ2v) is 5.07. The molecule has 2 aromatic rings. The highest BCUT2D eigenvalue weighted by Crippen LogP contribution is 2.21. The van der Waals surface area contributed by atoms with Crippen LogP contribution >= 0.6 is 0 Å². The van der Waals surface area contributed by atoms with Crippen LogP contribution in [0, 0.1) is 6.92 Å². The molecule has 1 unspecified atom stereocenters. The van der Waals surface area contributed by atoms with E-state index < -0.39 is 0 Å². The fraction of sp³-hybridized carbons (Fsp3) is 0.500. The van der Waals surface area contributed by atoms with Gasteiger partial charge in [-0.2, -0.15) is 0 Å². The summed E-state index contributed by atoms with van der Waals surface area (Å²) in [5.74, 6) is 0.825. The molecule has 0 fully saturated rings. The smallest absolute Gasteiger partial charge is 0.145 e. The maximum Gasteiger partial charge on any atom is 0.145 e. The first-order chi connectivity index (χ1) is 10.2. The zero-order valence-electron chi connectivity index (χ0n) is 12.9. The first kappa shape index (κ1) is 15.5. The van der Waals surface area contributed by atoms with Crippen molar-refractivity contribution in [3.8, 4) is 5.75 Å². The minimum atomic E-state index is 0.375. The second-order valence-electron chi connectivity index (χ2n) is 5.07. The topological polar surface area (TPSA) is 60.2 Å². The van der Waals surface area contributed by atoms with Crippen LogP contribution in [0.4, 0.5) is 0 Å². The van der Waals surface area contributed by atoms with E-state index in [9.17, 15) is 0 Å². The quantitative estimate of drug-likeness (QED) is 0.807. The van der Waals surface area contributed by atoms with Gasteiger partial charge in [0.25, 0.3) is 0 Å². The summed E-state index contributed by atoms with van der Waals surface area (Å²) in [5.41, 5.74) is 2.79. The molecule has 1 atom stereocenters. The Labute approximate surface area is 125 Å². The lowest BCUT2D eigenvalue weighted by atomic mass is 10.0. The van der Waals surface area contributed by atoms with Crippen LogP contribution in [0.1, 0.15) is 49.7 Å². The predicted molar refractivity (Wildman–Crippen MR) is 81.1 cm³/mol. The van der Waals surface area contributed by atoms with E-state index in [1.807, 2.05) is 19.1 Å². The van der Waals surface area contributed by atoms with E-state index in [1.54, 1.807) is 0 Å². The van der Waals surface area contributed by atoms with Gasteiger partial charge in [-0.3, -0.25) is 0 Å². The zero-order valence-corrected chi connectivity index (χ0v) is 12.9. The molecule has 0 radical (unpaired) electrons. The number of ether oxygens (including phenoxy) is 1. The lowest BCUT2D eigenvalue weighted by Crippen LogP contribution is -2.21. The number of aryl methyl sites for hydroxylation is 1. The summed E-state index contributed by atoms with van der Waals surface area (Å²) in [6.45, 7) is 7.63. The summed E-state index contributed by atoms with van der Waals surface area (Å²) in [6.07, 6.45) is 2.22. The Kier molecular flexibility index (Phi) is 5.75. The monoisotopic (exact) mass is 289 g/mol. The van der Waals surface area contributed by atoms with Gasteiger partial charge in [-0.15, -0.1) is 0 Å². The van der Waals surface area contributed by atoms with Gasteiger partial charge in [-0.25, -0.2) is 4.63 Å². The van der Waals surface area contributed by atoms with Crippen molar-refractivity contribution in [2.24, 2.45) is 0 Å². The lowest BCUT2D eigenvalue weighted by molar-refractivity contribution is 0.270.